The van der Waals surface area contributed by atoms with Crippen LogP contribution < -0.4 is 16.4 Å². The minimum absolute atomic E-state index is 0.0270. The number of carbonyl (C=O) groups excluding carboxylic acids is 6. The highest BCUT2D eigenvalue weighted by Crippen LogP contribution is 2.25. The number of amides is 4. The average molecular weight is 781 g/mol. The molecule has 1 aromatic heterocycles. The fraction of sp³-hybridized carbons (Fsp3) is 0.405. The Morgan fingerprint density at radius 1 is 0.842 bits per heavy atom. The highest BCUT2D eigenvalue weighted by Gasteiger charge is 2.45. The Morgan fingerprint density at radius 3 is 2.23 bits per heavy atom. The Balaban J connectivity index is 1.24. The molecular weight excluding hydrogens is 732 g/mol. The van der Waals surface area contributed by atoms with Crippen LogP contribution in [0.3, 0.4) is 0 Å². The van der Waals surface area contributed by atoms with E-state index in [2.05, 4.69) is 15.6 Å². The molecule has 15 heteroatoms. The second-order valence-corrected chi connectivity index (χ2v) is 14.3. The Bertz CT molecular complexity index is 1980. The second kappa shape index (κ2) is 19.7. The lowest BCUT2D eigenvalue weighted by Gasteiger charge is -2.29. The number of ketones is 2. The molecule has 0 saturated carbocycles. The molecule has 6 rings (SSSR count). The van der Waals surface area contributed by atoms with Gasteiger partial charge in [-0.3, -0.25) is 19.2 Å². The quantitative estimate of drug-likeness (QED) is 0.108. The molecule has 2 saturated heterocycles. The van der Waals surface area contributed by atoms with Crippen LogP contribution in [-0.2, 0) is 36.9 Å². The number of aryl methyl sites for hydroxylation is 1. The lowest BCUT2D eigenvalue weighted by molar-refractivity contribution is -0.140. The van der Waals surface area contributed by atoms with Gasteiger partial charge >= 0.3 is 12.2 Å². The number of para-hydroxylation sites is 2. The van der Waals surface area contributed by atoms with Crippen LogP contribution >= 0.6 is 0 Å². The molecule has 4 N–H and O–H groups in total. The largest absolute Gasteiger partial charge is 0.445 e. The zero-order valence-corrected chi connectivity index (χ0v) is 31.7. The summed E-state index contributed by atoms with van der Waals surface area (Å²) in [4.78, 5) is 88.1. The van der Waals surface area contributed by atoms with Crippen molar-refractivity contribution in [3.05, 3.63) is 102 Å². The van der Waals surface area contributed by atoms with E-state index in [0.29, 0.717) is 36.9 Å². The first-order chi connectivity index (χ1) is 27.7. The van der Waals surface area contributed by atoms with Gasteiger partial charge in [0.15, 0.2) is 5.58 Å². The number of aromatic nitrogens is 1. The van der Waals surface area contributed by atoms with Gasteiger partial charge in [0.2, 0.25) is 17.6 Å². The number of nitrogens with one attached hydrogen (secondary N) is 2. The number of hydrogen-bond donors (Lipinski definition) is 3. The number of fused-ring (bicyclic) bond motifs is 1. The number of hydrogen-bond acceptors (Lipinski definition) is 11. The first-order valence-corrected chi connectivity index (χ1v) is 19.4. The van der Waals surface area contributed by atoms with Crippen LogP contribution in [0.1, 0.15) is 66.8 Å². The van der Waals surface area contributed by atoms with Crippen molar-refractivity contribution >= 4 is 46.7 Å². The number of piperidine rings is 1. The number of nitrogens with two attached hydrogens (primary N) is 1. The number of rotatable bonds is 16. The number of nitrogens with zero attached hydrogens (tertiary/aromatic N) is 3. The van der Waals surface area contributed by atoms with Gasteiger partial charge < -0.3 is 40.1 Å². The molecule has 0 unspecified atom stereocenters. The Kier molecular flexibility index (Phi) is 14.0. The number of carbonyl (C=O) groups is 6. The second-order valence-electron chi connectivity index (χ2n) is 14.3. The minimum atomic E-state index is -1.19. The highest BCUT2D eigenvalue weighted by atomic mass is 16.6. The van der Waals surface area contributed by atoms with Crippen LogP contribution in [0.2, 0.25) is 0 Å². The molecule has 57 heavy (non-hydrogen) atoms. The van der Waals surface area contributed by atoms with Crippen LogP contribution in [0.4, 0.5) is 9.59 Å². The number of unbranched alkanes of at least 4 members (excludes halogenated alkanes) is 1. The average Bonchev–Trinajstić information content (AvgIpc) is 3.87. The smallest absolute Gasteiger partial charge is 0.410 e. The van der Waals surface area contributed by atoms with Crippen molar-refractivity contribution in [3.8, 4) is 0 Å². The van der Waals surface area contributed by atoms with Gasteiger partial charge in [0.1, 0.15) is 36.1 Å². The maximum absolute atomic E-state index is 14.6. The SMILES string of the molecule is NCCCC[C@H](NC(=O)[C@@H]1C[C@@H](OC(=O)N2CCC(=O)CC2)CN1C(=O)[C@@H](CCc1ccccc1)NC(=O)OCc1ccccc1)C(=O)c1nc2ccccc2o1. The van der Waals surface area contributed by atoms with Crippen LogP contribution in [0.15, 0.2) is 89.3 Å². The summed E-state index contributed by atoms with van der Waals surface area (Å²) in [7, 11) is 0. The number of Topliss-reactive ketones (excluding diaryl/α,β-unsaturated/α-hetero) is 2. The van der Waals surface area contributed by atoms with Crippen molar-refractivity contribution in [2.75, 3.05) is 26.2 Å². The third kappa shape index (κ3) is 11.0. The van der Waals surface area contributed by atoms with Crippen molar-refractivity contribution in [3.63, 3.8) is 0 Å². The van der Waals surface area contributed by atoms with Crippen LogP contribution in [0.5, 0.6) is 0 Å². The number of likely N-dealkylation sites (tertiary alicyclic amines) is 2. The fourth-order valence-electron chi connectivity index (χ4n) is 7.01. The predicted molar refractivity (Wildman–Crippen MR) is 208 cm³/mol. The summed E-state index contributed by atoms with van der Waals surface area (Å²) in [5.41, 5.74) is 8.33. The number of benzene rings is 3. The Morgan fingerprint density at radius 2 is 1.53 bits per heavy atom. The van der Waals surface area contributed by atoms with E-state index in [1.165, 1.54) is 9.80 Å². The summed E-state index contributed by atoms with van der Waals surface area (Å²) in [6, 6.07) is 22.1. The lowest BCUT2D eigenvalue weighted by atomic mass is 10.0. The van der Waals surface area contributed by atoms with Gasteiger partial charge in [-0.2, -0.15) is 0 Å². The molecule has 15 nitrogen and oxygen atoms in total. The maximum Gasteiger partial charge on any atom is 0.410 e. The molecule has 0 radical (unpaired) electrons. The van der Waals surface area contributed by atoms with Gasteiger partial charge in [-0.1, -0.05) is 72.8 Å². The first kappa shape index (κ1) is 40.6. The molecule has 0 aliphatic carbocycles. The van der Waals surface area contributed by atoms with E-state index in [9.17, 15) is 28.8 Å². The molecule has 4 aromatic rings. The van der Waals surface area contributed by atoms with Crippen molar-refractivity contribution in [1.82, 2.24) is 25.4 Å². The maximum atomic E-state index is 14.6. The van der Waals surface area contributed by atoms with E-state index in [1.807, 2.05) is 48.5 Å². The zero-order chi connectivity index (χ0) is 40.1. The fourth-order valence-corrected chi connectivity index (χ4v) is 7.01. The standard InChI is InChI=1S/C42H48N6O9/c43-22-10-9-16-33(37(50)39-45-32-15-7-8-17-36(32)57-39)44-38(51)35-25-31(56-42(54)47-23-20-30(49)21-24-47)26-48(35)40(52)34(19-18-28-11-3-1-4-12-28)46-41(53)55-27-29-13-5-2-6-14-29/h1-8,11-15,17,31,33-35H,9-10,16,18-27,43H2,(H,44,51)(H,46,53)/t31-,33+,34-,35+/m1/s1. The van der Waals surface area contributed by atoms with Crippen molar-refractivity contribution in [1.29, 1.82) is 0 Å². The molecule has 2 fully saturated rings. The monoisotopic (exact) mass is 780 g/mol. The van der Waals surface area contributed by atoms with E-state index in [-0.39, 0.29) is 70.0 Å². The molecule has 2 aliphatic rings. The molecular formula is C42H48N6O9. The molecule has 3 aromatic carbocycles. The minimum Gasteiger partial charge on any atom is -0.445 e. The molecule has 4 amide bonds. The van der Waals surface area contributed by atoms with Gasteiger partial charge in [0, 0.05) is 32.4 Å². The summed E-state index contributed by atoms with van der Waals surface area (Å²) in [6.45, 7) is 0.605. The molecule has 2 aliphatic heterocycles. The van der Waals surface area contributed by atoms with Gasteiger partial charge in [-0.05, 0) is 61.9 Å². The molecule has 3 heterocycles. The van der Waals surface area contributed by atoms with E-state index in [1.54, 1.807) is 36.4 Å². The van der Waals surface area contributed by atoms with E-state index in [4.69, 9.17) is 19.6 Å². The van der Waals surface area contributed by atoms with E-state index < -0.39 is 54.0 Å². The summed E-state index contributed by atoms with van der Waals surface area (Å²) in [6.07, 6.45) is -0.132. The van der Waals surface area contributed by atoms with Crippen molar-refractivity contribution < 1.29 is 42.7 Å². The Labute approximate surface area is 330 Å². The van der Waals surface area contributed by atoms with Crippen LogP contribution in [-0.4, -0.2) is 101 Å². The summed E-state index contributed by atoms with van der Waals surface area (Å²) >= 11 is 0. The Hall–Kier alpha value is -6.09. The van der Waals surface area contributed by atoms with E-state index >= 15 is 0 Å². The molecule has 4 atom stereocenters. The van der Waals surface area contributed by atoms with Crippen LogP contribution in [0.25, 0.3) is 11.1 Å². The molecule has 300 valence electrons. The number of alkyl carbamates (subject to hydrolysis) is 1. The molecule has 0 bridgehead atoms. The number of oxazole rings is 1. The third-order valence-electron chi connectivity index (χ3n) is 10.1. The zero-order valence-electron chi connectivity index (χ0n) is 31.7. The van der Waals surface area contributed by atoms with Crippen molar-refractivity contribution in [2.45, 2.75) is 82.2 Å². The third-order valence-corrected chi connectivity index (χ3v) is 10.1. The summed E-state index contributed by atoms with van der Waals surface area (Å²) < 4.78 is 17.1. The topological polar surface area (TPSA) is 203 Å². The summed E-state index contributed by atoms with van der Waals surface area (Å²) in [5.74, 6) is -1.90. The van der Waals surface area contributed by atoms with Gasteiger partial charge in [-0.25, -0.2) is 14.6 Å². The number of ether oxygens (including phenoxy) is 2. The lowest BCUT2D eigenvalue weighted by Crippen LogP contribution is -2.55. The first-order valence-electron chi connectivity index (χ1n) is 19.4. The van der Waals surface area contributed by atoms with Gasteiger partial charge in [0.05, 0.1) is 12.6 Å². The van der Waals surface area contributed by atoms with Gasteiger partial charge in [0.25, 0.3) is 5.89 Å². The molecule has 0 spiro atoms. The highest BCUT2D eigenvalue weighted by molar-refractivity contribution is 6.01. The van der Waals surface area contributed by atoms with E-state index in [0.717, 1.165) is 11.1 Å². The summed E-state index contributed by atoms with van der Waals surface area (Å²) in [5, 5.41) is 5.55. The predicted octanol–water partition coefficient (Wildman–Crippen LogP) is 4.32. The van der Waals surface area contributed by atoms with Gasteiger partial charge in [-0.15, -0.1) is 0 Å². The van der Waals surface area contributed by atoms with Crippen molar-refractivity contribution in [2.24, 2.45) is 5.73 Å². The van der Waals surface area contributed by atoms with Crippen LogP contribution in [0, 0.1) is 0 Å². The normalized spacial score (nSPS) is 17.8.